The standard InChI is InChI=1S/C14H20N4O2/c1-10-16-17-14(18(10)3)9-20-13-7-11(8-15-2)5-6-12(13)19-4/h5-7,15H,8-9H2,1-4H3. The second-order valence-electron chi connectivity index (χ2n) is 4.53. The summed E-state index contributed by atoms with van der Waals surface area (Å²) in [5, 5.41) is 11.2. The zero-order valence-electron chi connectivity index (χ0n) is 12.3. The third-order valence-corrected chi connectivity index (χ3v) is 3.15. The zero-order chi connectivity index (χ0) is 14.5. The SMILES string of the molecule is CNCc1ccc(OC)c(OCc2nnc(C)n2C)c1. The van der Waals surface area contributed by atoms with E-state index in [4.69, 9.17) is 9.47 Å². The largest absolute Gasteiger partial charge is 0.493 e. The molecule has 1 heterocycles. The first-order chi connectivity index (χ1) is 9.65. The Bertz CT molecular complexity index is 581. The lowest BCUT2D eigenvalue weighted by atomic mass is 10.2. The van der Waals surface area contributed by atoms with Crippen molar-refractivity contribution in [1.29, 1.82) is 0 Å². The van der Waals surface area contributed by atoms with Gasteiger partial charge >= 0.3 is 0 Å². The number of rotatable bonds is 6. The van der Waals surface area contributed by atoms with Crippen molar-refractivity contribution in [2.24, 2.45) is 7.05 Å². The van der Waals surface area contributed by atoms with Gasteiger partial charge in [-0.05, 0) is 31.7 Å². The minimum absolute atomic E-state index is 0.358. The number of benzene rings is 1. The maximum atomic E-state index is 5.82. The van der Waals surface area contributed by atoms with E-state index in [0.29, 0.717) is 18.1 Å². The Kier molecular flexibility index (Phi) is 4.57. The predicted octanol–water partition coefficient (Wildman–Crippen LogP) is 1.43. The van der Waals surface area contributed by atoms with Crippen molar-refractivity contribution >= 4 is 0 Å². The number of aromatic nitrogens is 3. The molecule has 2 rings (SSSR count). The van der Waals surface area contributed by atoms with E-state index in [-0.39, 0.29) is 0 Å². The molecule has 0 aliphatic carbocycles. The Morgan fingerprint density at radius 3 is 2.65 bits per heavy atom. The number of hydrogen-bond donors (Lipinski definition) is 1. The number of nitrogens with zero attached hydrogens (tertiary/aromatic N) is 3. The van der Waals surface area contributed by atoms with Gasteiger partial charge in [0, 0.05) is 13.6 Å². The first-order valence-electron chi connectivity index (χ1n) is 6.45. The van der Waals surface area contributed by atoms with Crippen LogP contribution in [-0.2, 0) is 20.2 Å². The van der Waals surface area contributed by atoms with Crippen LogP contribution in [0.2, 0.25) is 0 Å². The second kappa shape index (κ2) is 6.38. The van der Waals surface area contributed by atoms with Crippen molar-refractivity contribution in [3.63, 3.8) is 0 Å². The maximum Gasteiger partial charge on any atom is 0.170 e. The Hall–Kier alpha value is -2.08. The predicted molar refractivity (Wildman–Crippen MR) is 75.8 cm³/mol. The average Bonchev–Trinajstić information content (AvgIpc) is 2.77. The Morgan fingerprint density at radius 1 is 1.25 bits per heavy atom. The molecule has 1 aromatic heterocycles. The minimum atomic E-state index is 0.358. The van der Waals surface area contributed by atoms with Gasteiger partial charge in [0.25, 0.3) is 0 Å². The molecule has 6 nitrogen and oxygen atoms in total. The Balaban J connectivity index is 2.14. The van der Waals surface area contributed by atoms with Gasteiger partial charge in [-0.15, -0.1) is 10.2 Å². The maximum absolute atomic E-state index is 5.82. The van der Waals surface area contributed by atoms with Crippen LogP contribution < -0.4 is 14.8 Å². The summed E-state index contributed by atoms with van der Waals surface area (Å²) in [5.74, 6) is 3.06. The van der Waals surface area contributed by atoms with Crippen molar-refractivity contribution in [2.75, 3.05) is 14.2 Å². The third kappa shape index (κ3) is 3.08. The van der Waals surface area contributed by atoms with Crippen LogP contribution in [0.5, 0.6) is 11.5 Å². The van der Waals surface area contributed by atoms with Gasteiger partial charge in [0.2, 0.25) is 0 Å². The molecule has 0 radical (unpaired) electrons. The summed E-state index contributed by atoms with van der Waals surface area (Å²) >= 11 is 0. The molecule has 6 heteroatoms. The van der Waals surface area contributed by atoms with Crippen molar-refractivity contribution in [2.45, 2.75) is 20.1 Å². The summed E-state index contributed by atoms with van der Waals surface area (Å²) in [5.41, 5.74) is 1.14. The van der Waals surface area contributed by atoms with Crippen molar-refractivity contribution in [3.8, 4) is 11.5 Å². The lowest BCUT2D eigenvalue weighted by Gasteiger charge is -2.12. The summed E-state index contributed by atoms with van der Waals surface area (Å²) in [4.78, 5) is 0. The van der Waals surface area contributed by atoms with Crippen LogP contribution in [0.25, 0.3) is 0 Å². The molecular formula is C14H20N4O2. The fourth-order valence-corrected chi connectivity index (χ4v) is 1.87. The van der Waals surface area contributed by atoms with Gasteiger partial charge in [-0.1, -0.05) is 6.07 Å². The van der Waals surface area contributed by atoms with Crippen molar-refractivity contribution in [3.05, 3.63) is 35.4 Å². The zero-order valence-corrected chi connectivity index (χ0v) is 12.3. The molecule has 0 aliphatic rings. The molecule has 108 valence electrons. The highest BCUT2D eigenvalue weighted by atomic mass is 16.5. The topological polar surface area (TPSA) is 61.2 Å². The summed E-state index contributed by atoms with van der Waals surface area (Å²) in [6, 6.07) is 5.89. The molecule has 2 aromatic rings. The molecule has 0 saturated carbocycles. The number of aryl methyl sites for hydroxylation is 1. The molecular weight excluding hydrogens is 256 g/mol. The number of hydrogen-bond acceptors (Lipinski definition) is 5. The summed E-state index contributed by atoms with van der Waals surface area (Å²) < 4.78 is 13.0. The molecule has 0 aliphatic heterocycles. The van der Waals surface area contributed by atoms with E-state index in [0.717, 1.165) is 23.8 Å². The van der Waals surface area contributed by atoms with Crippen LogP contribution in [-0.4, -0.2) is 28.9 Å². The van der Waals surface area contributed by atoms with E-state index in [9.17, 15) is 0 Å². The highest BCUT2D eigenvalue weighted by Gasteiger charge is 2.09. The average molecular weight is 276 g/mol. The van der Waals surface area contributed by atoms with E-state index in [1.165, 1.54) is 0 Å². The molecule has 1 aromatic carbocycles. The third-order valence-electron chi connectivity index (χ3n) is 3.15. The normalized spacial score (nSPS) is 10.6. The first-order valence-corrected chi connectivity index (χ1v) is 6.45. The highest BCUT2D eigenvalue weighted by molar-refractivity contribution is 5.43. The number of ether oxygens (including phenoxy) is 2. The molecule has 20 heavy (non-hydrogen) atoms. The molecule has 0 spiro atoms. The summed E-state index contributed by atoms with van der Waals surface area (Å²) in [7, 11) is 5.46. The molecule has 0 atom stereocenters. The summed E-state index contributed by atoms with van der Waals surface area (Å²) in [6.07, 6.45) is 0. The van der Waals surface area contributed by atoms with Gasteiger partial charge in [0.05, 0.1) is 7.11 Å². The van der Waals surface area contributed by atoms with Gasteiger partial charge in [-0.2, -0.15) is 0 Å². The van der Waals surface area contributed by atoms with Crippen molar-refractivity contribution < 1.29 is 9.47 Å². The molecule has 0 unspecified atom stereocenters. The van der Waals surface area contributed by atoms with Gasteiger partial charge < -0.3 is 19.4 Å². The monoisotopic (exact) mass is 276 g/mol. The van der Waals surface area contributed by atoms with Gasteiger partial charge in [-0.3, -0.25) is 0 Å². The molecule has 0 saturated heterocycles. The second-order valence-corrected chi connectivity index (χ2v) is 4.53. The van der Waals surface area contributed by atoms with Gasteiger partial charge in [0.1, 0.15) is 12.4 Å². The molecule has 0 fully saturated rings. The molecule has 1 N–H and O–H groups in total. The van der Waals surface area contributed by atoms with Crippen LogP contribution in [0.1, 0.15) is 17.2 Å². The van der Waals surface area contributed by atoms with Crippen LogP contribution in [0.3, 0.4) is 0 Å². The molecule has 0 bridgehead atoms. The Morgan fingerprint density at radius 2 is 2.05 bits per heavy atom. The Labute approximate surface area is 118 Å². The van der Waals surface area contributed by atoms with E-state index in [1.54, 1.807) is 7.11 Å². The number of nitrogens with one attached hydrogen (secondary N) is 1. The van der Waals surface area contributed by atoms with Crippen molar-refractivity contribution in [1.82, 2.24) is 20.1 Å². The van der Waals surface area contributed by atoms with E-state index >= 15 is 0 Å². The van der Waals surface area contributed by atoms with Crippen LogP contribution in [0.15, 0.2) is 18.2 Å². The van der Waals surface area contributed by atoms with Crippen LogP contribution in [0.4, 0.5) is 0 Å². The summed E-state index contributed by atoms with van der Waals surface area (Å²) in [6.45, 7) is 3.05. The van der Waals surface area contributed by atoms with E-state index in [2.05, 4.69) is 15.5 Å². The minimum Gasteiger partial charge on any atom is -0.493 e. The fraction of sp³-hybridized carbons (Fsp3) is 0.429. The van der Waals surface area contributed by atoms with E-state index < -0.39 is 0 Å². The first kappa shape index (κ1) is 14.3. The van der Waals surface area contributed by atoms with E-state index in [1.807, 2.05) is 43.8 Å². The van der Waals surface area contributed by atoms with Gasteiger partial charge in [-0.25, -0.2) is 0 Å². The quantitative estimate of drug-likeness (QED) is 0.865. The number of methoxy groups -OCH3 is 1. The van der Waals surface area contributed by atoms with Crippen LogP contribution in [0, 0.1) is 6.92 Å². The lowest BCUT2D eigenvalue weighted by molar-refractivity contribution is 0.272. The molecule has 0 amide bonds. The smallest absolute Gasteiger partial charge is 0.170 e. The van der Waals surface area contributed by atoms with Crippen LogP contribution >= 0.6 is 0 Å². The fourth-order valence-electron chi connectivity index (χ4n) is 1.87. The van der Waals surface area contributed by atoms with Gasteiger partial charge in [0.15, 0.2) is 17.3 Å². The highest BCUT2D eigenvalue weighted by Crippen LogP contribution is 2.28. The lowest BCUT2D eigenvalue weighted by Crippen LogP contribution is -2.07.